The van der Waals surface area contributed by atoms with E-state index in [9.17, 15) is 30.6 Å². The average Bonchev–Trinajstić information content (AvgIpc) is 3.00. The quantitative estimate of drug-likeness (QED) is 0.223. The molecule has 1 aliphatic carbocycles. The first-order valence-electron chi connectivity index (χ1n) is 10.0. The molecule has 172 valence electrons. The Labute approximate surface area is 169 Å². The first-order chi connectivity index (χ1) is 13.8. The lowest BCUT2D eigenvalue weighted by molar-refractivity contribution is -0.383. The van der Waals surface area contributed by atoms with Crippen LogP contribution < -0.4 is 0 Å². The van der Waals surface area contributed by atoms with Crippen molar-refractivity contribution < 1.29 is 55.1 Å². The van der Waals surface area contributed by atoms with Gasteiger partial charge in [-0.3, -0.25) is 0 Å². The fraction of sp³-hybridized carbons (Fsp3) is 1.00. The molecule has 0 aromatic carbocycles. The molecule has 2 heterocycles. The van der Waals surface area contributed by atoms with Crippen LogP contribution in [0.1, 0.15) is 38.5 Å². The maximum atomic E-state index is 10.00. The third kappa shape index (κ3) is 5.63. The second-order valence-corrected chi connectivity index (χ2v) is 7.68. The Balaban J connectivity index is 0.000000426. The molecule has 3 aliphatic rings. The Kier molecular flexibility index (Phi) is 9.64. The third-order valence-electron chi connectivity index (χ3n) is 5.57. The van der Waals surface area contributed by atoms with Crippen LogP contribution in [-0.2, 0) is 14.2 Å². The van der Waals surface area contributed by atoms with Gasteiger partial charge in [-0.2, -0.15) is 0 Å². The molecule has 0 radical (unpaired) electrons. The van der Waals surface area contributed by atoms with E-state index in [4.69, 9.17) is 24.4 Å². The van der Waals surface area contributed by atoms with Gasteiger partial charge in [0.25, 0.3) is 0 Å². The summed E-state index contributed by atoms with van der Waals surface area (Å²) in [6.07, 6.45) is -3.65. The molecule has 2 saturated heterocycles. The largest absolute Gasteiger partial charge is 0.394 e. The summed E-state index contributed by atoms with van der Waals surface area (Å²) in [5, 5.41) is 76.7. The third-order valence-corrected chi connectivity index (χ3v) is 5.57. The Morgan fingerprint density at radius 3 is 1.62 bits per heavy atom. The van der Waals surface area contributed by atoms with Crippen LogP contribution in [0.15, 0.2) is 0 Å². The number of rotatable bonds is 5. The fourth-order valence-electron chi connectivity index (χ4n) is 3.69. The summed E-state index contributed by atoms with van der Waals surface area (Å²) in [7, 11) is 0. The van der Waals surface area contributed by atoms with Crippen molar-refractivity contribution in [2.24, 2.45) is 0 Å². The van der Waals surface area contributed by atoms with Crippen molar-refractivity contribution in [1.82, 2.24) is 0 Å². The Morgan fingerprint density at radius 1 is 0.690 bits per heavy atom. The van der Waals surface area contributed by atoms with Crippen LogP contribution in [0.3, 0.4) is 0 Å². The lowest BCUT2D eigenvalue weighted by Crippen LogP contribution is -2.62. The maximum Gasteiger partial charge on any atom is 0.224 e. The topological polar surface area (TPSA) is 190 Å². The van der Waals surface area contributed by atoms with Crippen LogP contribution >= 0.6 is 0 Å². The molecule has 2 aliphatic heterocycles. The van der Waals surface area contributed by atoms with Gasteiger partial charge in [0.1, 0.15) is 49.3 Å². The molecule has 0 bridgehead atoms. The van der Waals surface area contributed by atoms with Gasteiger partial charge < -0.3 is 55.1 Å². The SMILES string of the molecule is C1CCCCC1.OC[C@H]1OC(CO)(O[C@H]2O[C@H](CO)[C@@H](O)[C@H](O)[C@H]2O)[C@@H](O)[C@@H]1O. The number of ether oxygens (including phenoxy) is 3. The van der Waals surface area contributed by atoms with Gasteiger partial charge in [0.2, 0.25) is 5.79 Å². The van der Waals surface area contributed by atoms with Crippen molar-refractivity contribution in [3.63, 3.8) is 0 Å². The summed E-state index contributed by atoms with van der Waals surface area (Å²) in [4.78, 5) is 0. The van der Waals surface area contributed by atoms with Gasteiger partial charge in [0.05, 0.1) is 13.2 Å². The van der Waals surface area contributed by atoms with Gasteiger partial charge in [0, 0.05) is 0 Å². The van der Waals surface area contributed by atoms with Crippen LogP contribution in [0, 0.1) is 0 Å². The predicted octanol–water partition coefficient (Wildman–Crippen LogP) is -3.05. The van der Waals surface area contributed by atoms with Crippen molar-refractivity contribution in [1.29, 1.82) is 0 Å². The highest BCUT2D eigenvalue weighted by Crippen LogP contribution is 2.35. The second kappa shape index (κ2) is 11.3. The summed E-state index contributed by atoms with van der Waals surface area (Å²) in [5.41, 5.74) is 0. The van der Waals surface area contributed by atoms with Crippen LogP contribution in [0.2, 0.25) is 0 Å². The summed E-state index contributed by atoms with van der Waals surface area (Å²) in [5.74, 6) is -2.22. The van der Waals surface area contributed by atoms with E-state index in [2.05, 4.69) is 0 Å². The van der Waals surface area contributed by atoms with E-state index >= 15 is 0 Å². The zero-order chi connectivity index (χ0) is 21.6. The molecule has 11 heteroatoms. The molecule has 0 spiro atoms. The summed E-state index contributed by atoms with van der Waals surface area (Å²) in [6, 6.07) is 0. The molecule has 0 amide bonds. The molecule has 9 atom stereocenters. The minimum Gasteiger partial charge on any atom is -0.394 e. The molecule has 1 saturated carbocycles. The Bertz CT molecular complexity index is 463. The Hall–Kier alpha value is -0.440. The minimum atomic E-state index is -2.22. The normalized spacial score (nSPS) is 45.5. The van der Waals surface area contributed by atoms with Gasteiger partial charge in [-0.1, -0.05) is 38.5 Å². The number of aliphatic hydroxyl groups excluding tert-OH is 8. The lowest BCUT2D eigenvalue weighted by Gasteiger charge is -2.43. The van der Waals surface area contributed by atoms with Gasteiger partial charge in [-0.05, 0) is 0 Å². The van der Waals surface area contributed by atoms with Crippen molar-refractivity contribution >= 4 is 0 Å². The zero-order valence-electron chi connectivity index (χ0n) is 16.3. The van der Waals surface area contributed by atoms with Crippen molar-refractivity contribution in [2.45, 2.75) is 93.3 Å². The van der Waals surface area contributed by atoms with E-state index < -0.39 is 74.6 Å². The van der Waals surface area contributed by atoms with E-state index in [1.165, 1.54) is 38.5 Å². The summed E-state index contributed by atoms with van der Waals surface area (Å²) < 4.78 is 15.4. The highest BCUT2D eigenvalue weighted by atomic mass is 16.8. The first-order valence-corrected chi connectivity index (χ1v) is 10.0. The van der Waals surface area contributed by atoms with Crippen LogP contribution in [-0.4, -0.2) is 115 Å². The van der Waals surface area contributed by atoms with Crippen LogP contribution in [0.25, 0.3) is 0 Å². The molecular formula is C18H34O11. The van der Waals surface area contributed by atoms with Crippen molar-refractivity contribution in [3.8, 4) is 0 Å². The average molecular weight is 426 g/mol. The number of hydrogen-bond acceptors (Lipinski definition) is 11. The summed E-state index contributed by atoms with van der Waals surface area (Å²) in [6.45, 7) is -2.32. The zero-order valence-corrected chi connectivity index (χ0v) is 16.3. The van der Waals surface area contributed by atoms with Crippen LogP contribution in [0.4, 0.5) is 0 Å². The van der Waals surface area contributed by atoms with Gasteiger partial charge in [-0.25, -0.2) is 0 Å². The summed E-state index contributed by atoms with van der Waals surface area (Å²) >= 11 is 0. The molecule has 0 aromatic rings. The first kappa shape index (κ1) is 24.8. The highest BCUT2D eigenvalue weighted by molar-refractivity contribution is 4.98. The molecule has 3 rings (SSSR count). The predicted molar refractivity (Wildman–Crippen MR) is 96.3 cm³/mol. The standard InChI is InChI=1S/C12H22O11.C6H12/c13-1-4-6(16)8(18)9(19)11(21-4)23-12(3-15)10(20)7(17)5(2-14)22-12;1-2-4-6-5-3-1/h4-11,13-20H,1-3H2;1-6H2/t4-,5-,6-,7-,8+,9-,10+,11-,12?;/m1./s1. The van der Waals surface area contributed by atoms with E-state index in [1.807, 2.05) is 0 Å². The molecule has 0 aromatic heterocycles. The Morgan fingerprint density at radius 2 is 1.21 bits per heavy atom. The lowest BCUT2D eigenvalue weighted by atomic mass is 9.99. The van der Waals surface area contributed by atoms with Gasteiger partial charge in [-0.15, -0.1) is 0 Å². The molecule has 1 unspecified atom stereocenters. The molecule has 11 nitrogen and oxygen atoms in total. The van der Waals surface area contributed by atoms with Crippen LogP contribution in [0.5, 0.6) is 0 Å². The molecule has 29 heavy (non-hydrogen) atoms. The number of aliphatic hydroxyl groups is 8. The van der Waals surface area contributed by atoms with Crippen molar-refractivity contribution in [3.05, 3.63) is 0 Å². The van der Waals surface area contributed by atoms with E-state index in [1.54, 1.807) is 0 Å². The smallest absolute Gasteiger partial charge is 0.224 e. The molecular weight excluding hydrogens is 392 g/mol. The maximum absolute atomic E-state index is 10.00. The van der Waals surface area contributed by atoms with E-state index in [-0.39, 0.29) is 0 Å². The second-order valence-electron chi connectivity index (χ2n) is 7.68. The molecule has 3 fully saturated rings. The highest BCUT2D eigenvalue weighted by Gasteiger charge is 2.58. The minimum absolute atomic E-state index is 0.669. The van der Waals surface area contributed by atoms with E-state index in [0.29, 0.717) is 0 Å². The fourth-order valence-corrected chi connectivity index (χ4v) is 3.69. The monoisotopic (exact) mass is 426 g/mol. The number of hydrogen-bond donors (Lipinski definition) is 8. The molecule has 8 N–H and O–H groups in total. The van der Waals surface area contributed by atoms with Gasteiger partial charge >= 0.3 is 0 Å². The van der Waals surface area contributed by atoms with Gasteiger partial charge in [0.15, 0.2) is 6.29 Å². The van der Waals surface area contributed by atoms with Crippen molar-refractivity contribution in [2.75, 3.05) is 19.8 Å². The van der Waals surface area contributed by atoms with E-state index in [0.717, 1.165) is 0 Å².